The molecule has 1 aliphatic carbocycles. The first-order chi connectivity index (χ1) is 9.22. The van der Waals surface area contributed by atoms with E-state index in [0.29, 0.717) is 0 Å². The lowest BCUT2D eigenvalue weighted by atomic mass is 9.98. The van der Waals surface area contributed by atoms with Crippen LogP contribution in [0.3, 0.4) is 0 Å². The Morgan fingerprint density at radius 3 is 2.89 bits per heavy atom. The molecule has 4 nitrogen and oxygen atoms in total. The summed E-state index contributed by atoms with van der Waals surface area (Å²) in [6.45, 7) is 1.99. The summed E-state index contributed by atoms with van der Waals surface area (Å²) in [4.78, 5) is 5.57. The zero-order chi connectivity index (χ0) is 13.4. The van der Waals surface area contributed by atoms with Crippen molar-refractivity contribution in [2.75, 3.05) is 4.31 Å². The highest BCUT2D eigenvalue weighted by atomic mass is 32.2. The van der Waals surface area contributed by atoms with Crippen molar-refractivity contribution in [3.05, 3.63) is 40.3 Å². The van der Waals surface area contributed by atoms with Gasteiger partial charge in [0.05, 0.1) is 5.69 Å². The molecule has 0 bridgehead atoms. The SMILES string of the molecule is Cc1cccc(N2[C@H](OO)C3=C(CCCC3)S2=O)c1. The second-order valence-electron chi connectivity index (χ2n) is 5.03. The fourth-order valence-corrected chi connectivity index (χ4v) is 4.44. The van der Waals surface area contributed by atoms with Crippen LogP contribution in [0.4, 0.5) is 5.69 Å². The van der Waals surface area contributed by atoms with Crippen molar-refractivity contribution >= 4 is 16.7 Å². The third-order valence-electron chi connectivity index (χ3n) is 3.71. The summed E-state index contributed by atoms with van der Waals surface area (Å²) in [7, 11) is -1.24. The van der Waals surface area contributed by atoms with Crippen LogP contribution < -0.4 is 4.31 Å². The van der Waals surface area contributed by atoms with E-state index in [1.54, 1.807) is 4.31 Å². The van der Waals surface area contributed by atoms with Gasteiger partial charge < -0.3 is 0 Å². The highest BCUT2D eigenvalue weighted by Crippen LogP contribution is 2.41. The number of allylic oxidation sites excluding steroid dienone is 1. The lowest BCUT2D eigenvalue weighted by Crippen LogP contribution is -2.34. The van der Waals surface area contributed by atoms with E-state index < -0.39 is 17.2 Å². The molecule has 1 heterocycles. The van der Waals surface area contributed by atoms with Crippen molar-refractivity contribution in [1.82, 2.24) is 0 Å². The Morgan fingerprint density at radius 1 is 1.37 bits per heavy atom. The van der Waals surface area contributed by atoms with E-state index in [2.05, 4.69) is 4.89 Å². The molecule has 1 aliphatic heterocycles. The quantitative estimate of drug-likeness (QED) is 0.668. The number of hydrogen-bond acceptors (Lipinski definition) is 3. The van der Waals surface area contributed by atoms with Gasteiger partial charge in [-0.25, -0.2) is 14.4 Å². The third kappa shape index (κ3) is 2.12. The van der Waals surface area contributed by atoms with E-state index in [9.17, 15) is 9.47 Å². The van der Waals surface area contributed by atoms with Crippen LogP contribution in [0.15, 0.2) is 34.7 Å². The van der Waals surface area contributed by atoms with Gasteiger partial charge in [-0.05, 0) is 55.9 Å². The summed E-state index contributed by atoms with van der Waals surface area (Å²) >= 11 is 0. The zero-order valence-corrected chi connectivity index (χ0v) is 11.7. The molecule has 1 N–H and O–H groups in total. The summed E-state index contributed by atoms with van der Waals surface area (Å²) < 4.78 is 14.3. The number of benzene rings is 1. The molecule has 0 fully saturated rings. The van der Waals surface area contributed by atoms with E-state index in [4.69, 9.17) is 0 Å². The second kappa shape index (κ2) is 5.07. The monoisotopic (exact) mass is 279 g/mol. The predicted molar refractivity (Wildman–Crippen MR) is 74.8 cm³/mol. The number of rotatable bonds is 2. The highest BCUT2D eigenvalue weighted by Gasteiger charge is 2.41. The molecular formula is C14H17NO3S. The van der Waals surface area contributed by atoms with Crippen LogP contribution in [0.25, 0.3) is 0 Å². The molecule has 2 aliphatic rings. The molecule has 0 amide bonds. The summed E-state index contributed by atoms with van der Waals surface area (Å²) in [6, 6.07) is 7.77. The van der Waals surface area contributed by atoms with Gasteiger partial charge >= 0.3 is 0 Å². The fourth-order valence-electron chi connectivity index (χ4n) is 2.81. The summed E-state index contributed by atoms with van der Waals surface area (Å²) in [5, 5.41) is 9.21. The van der Waals surface area contributed by atoms with Gasteiger partial charge in [-0.1, -0.05) is 12.1 Å². The molecule has 1 unspecified atom stereocenters. The van der Waals surface area contributed by atoms with Crippen LogP contribution in [0.1, 0.15) is 31.2 Å². The van der Waals surface area contributed by atoms with Gasteiger partial charge in [0.1, 0.15) is 0 Å². The standard InChI is InChI=1S/C14H17NO3S/c1-10-5-4-6-11(9-10)15-14(18-16)12-7-2-3-8-13(12)19(15)17/h4-6,9,14,16H,2-3,7-8H2,1H3/t14-,19?/m1/s1. The molecule has 0 radical (unpaired) electrons. The molecule has 0 saturated heterocycles. The topological polar surface area (TPSA) is 49.8 Å². The van der Waals surface area contributed by atoms with E-state index in [1.807, 2.05) is 31.2 Å². The number of nitrogens with zero attached hydrogens (tertiary/aromatic N) is 1. The van der Waals surface area contributed by atoms with Crippen LogP contribution in [0.5, 0.6) is 0 Å². The Morgan fingerprint density at radius 2 is 2.16 bits per heavy atom. The summed E-state index contributed by atoms with van der Waals surface area (Å²) in [6.07, 6.45) is 3.22. The minimum atomic E-state index is -1.24. The predicted octanol–water partition coefficient (Wildman–Crippen LogP) is 3.12. The maximum atomic E-state index is 12.6. The van der Waals surface area contributed by atoms with Gasteiger partial charge in [-0.3, -0.25) is 4.31 Å². The van der Waals surface area contributed by atoms with Crippen LogP contribution in [0.2, 0.25) is 0 Å². The molecule has 0 aromatic heterocycles. The van der Waals surface area contributed by atoms with Crippen molar-refractivity contribution < 1.29 is 14.4 Å². The molecule has 3 rings (SSSR count). The van der Waals surface area contributed by atoms with E-state index >= 15 is 0 Å². The molecule has 1 aromatic carbocycles. The highest BCUT2D eigenvalue weighted by molar-refractivity contribution is 7.90. The smallest absolute Gasteiger partial charge is 0.199 e. The zero-order valence-electron chi connectivity index (χ0n) is 10.8. The molecule has 102 valence electrons. The Bertz CT molecular complexity index is 555. The number of aryl methyl sites for hydroxylation is 1. The van der Waals surface area contributed by atoms with Gasteiger partial charge in [-0.2, -0.15) is 0 Å². The minimum absolute atomic E-state index is 0.599. The summed E-state index contributed by atoms with van der Waals surface area (Å²) in [5.74, 6) is 0. The number of anilines is 1. The first kappa shape index (κ1) is 12.8. The van der Waals surface area contributed by atoms with Crippen LogP contribution in [-0.4, -0.2) is 15.7 Å². The Balaban J connectivity index is 2.01. The Labute approximate surface area is 115 Å². The summed E-state index contributed by atoms with van der Waals surface area (Å²) in [5.41, 5.74) is 2.91. The lowest BCUT2D eigenvalue weighted by molar-refractivity contribution is -0.265. The maximum Gasteiger partial charge on any atom is 0.199 e. The largest absolute Gasteiger partial charge is 0.254 e. The van der Waals surface area contributed by atoms with Crippen molar-refractivity contribution in [2.24, 2.45) is 0 Å². The molecule has 1 aromatic rings. The molecule has 0 spiro atoms. The van der Waals surface area contributed by atoms with Crippen molar-refractivity contribution in [3.8, 4) is 0 Å². The Hall–Kier alpha value is -1.17. The van der Waals surface area contributed by atoms with Crippen LogP contribution >= 0.6 is 0 Å². The first-order valence-electron chi connectivity index (χ1n) is 6.52. The van der Waals surface area contributed by atoms with Crippen LogP contribution in [0, 0.1) is 6.92 Å². The fraction of sp³-hybridized carbons (Fsp3) is 0.429. The van der Waals surface area contributed by atoms with Gasteiger partial charge in [0.15, 0.2) is 17.2 Å². The Kier molecular flexibility index (Phi) is 3.43. The molecular weight excluding hydrogens is 262 g/mol. The van der Waals surface area contributed by atoms with Crippen molar-refractivity contribution in [1.29, 1.82) is 0 Å². The average Bonchev–Trinajstić information content (AvgIpc) is 2.72. The van der Waals surface area contributed by atoms with E-state index in [-0.39, 0.29) is 0 Å². The molecule has 2 atom stereocenters. The third-order valence-corrected chi connectivity index (χ3v) is 5.36. The van der Waals surface area contributed by atoms with E-state index in [0.717, 1.165) is 47.4 Å². The van der Waals surface area contributed by atoms with Gasteiger partial charge in [0, 0.05) is 4.91 Å². The average molecular weight is 279 g/mol. The maximum absolute atomic E-state index is 12.6. The van der Waals surface area contributed by atoms with E-state index in [1.165, 1.54) is 0 Å². The van der Waals surface area contributed by atoms with Crippen molar-refractivity contribution in [2.45, 2.75) is 38.8 Å². The normalized spacial score (nSPS) is 26.7. The second-order valence-corrected chi connectivity index (χ2v) is 6.41. The number of hydrogen-bond donors (Lipinski definition) is 1. The van der Waals surface area contributed by atoms with Crippen molar-refractivity contribution in [3.63, 3.8) is 0 Å². The first-order valence-corrected chi connectivity index (χ1v) is 7.63. The van der Waals surface area contributed by atoms with Gasteiger partial charge in [-0.15, -0.1) is 0 Å². The lowest BCUT2D eigenvalue weighted by Gasteiger charge is -2.24. The van der Waals surface area contributed by atoms with Gasteiger partial charge in [0.2, 0.25) is 0 Å². The van der Waals surface area contributed by atoms with Gasteiger partial charge in [0.25, 0.3) is 0 Å². The van der Waals surface area contributed by atoms with Crippen LogP contribution in [-0.2, 0) is 15.9 Å². The molecule has 0 saturated carbocycles. The molecule has 5 heteroatoms. The minimum Gasteiger partial charge on any atom is -0.254 e. The molecule has 19 heavy (non-hydrogen) atoms.